The van der Waals surface area contributed by atoms with E-state index in [4.69, 9.17) is 11.0 Å². The van der Waals surface area contributed by atoms with Gasteiger partial charge in [0.1, 0.15) is 0 Å². The number of guanidine groups is 1. The number of nitrogens with two attached hydrogens (primary N) is 1. The van der Waals surface area contributed by atoms with Crippen LogP contribution in [-0.2, 0) is 9.59 Å². The van der Waals surface area contributed by atoms with Crippen LogP contribution in [0.2, 0.25) is 0 Å². The Morgan fingerprint density at radius 3 is 2.81 bits per heavy atom. The topological polar surface area (TPSA) is 108 Å². The van der Waals surface area contributed by atoms with Crippen molar-refractivity contribution in [2.75, 3.05) is 6.54 Å². The van der Waals surface area contributed by atoms with Gasteiger partial charge >= 0.3 is 0 Å². The summed E-state index contributed by atoms with van der Waals surface area (Å²) in [5, 5.41) is 10.4. The van der Waals surface area contributed by atoms with Crippen LogP contribution in [0, 0.1) is 11.5 Å². The van der Waals surface area contributed by atoms with E-state index in [9.17, 15) is 9.59 Å². The molecule has 6 heteroatoms. The SMILES string of the molecule is N#CNC(N)=NCCC1=CC(=O)C(=O)C=C1. The number of carbonyl (C=O) groups excluding carboxylic acids is 2. The summed E-state index contributed by atoms with van der Waals surface area (Å²) in [6, 6.07) is 0. The largest absolute Gasteiger partial charge is 0.369 e. The molecule has 0 aromatic heterocycles. The molecule has 0 unspecified atom stereocenters. The predicted molar refractivity (Wildman–Crippen MR) is 57.1 cm³/mol. The van der Waals surface area contributed by atoms with Crippen molar-refractivity contribution in [1.29, 1.82) is 5.26 Å². The van der Waals surface area contributed by atoms with E-state index in [1.54, 1.807) is 12.3 Å². The van der Waals surface area contributed by atoms with Crippen molar-refractivity contribution in [2.24, 2.45) is 10.7 Å². The molecule has 82 valence electrons. The normalized spacial score (nSPS) is 15.7. The van der Waals surface area contributed by atoms with Crippen LogP contribution in [0.1, 0.15) is 6.42 Å². The first kappa shape index (κ1) is 11.7. The zero-order valence-electron chi connectivity index (χ0n) is 8.43. The van der Waals surface area contributed by atoms with Crippen LogP contribution >= 0.6 is 0 Å². The quantitative estimate of drug-likeness (QED) is 0.164. The maximum Gasteiger partial charge on any atom is 0.225 e. The molecule has 6 nitrogen and oxygen atoms in total. The van der Waals surface area contributed by atoms with Crippen LogP contribution in [-0.4, -0.2) is 24.1 Å². The summed E-state index contributed by atoms with van der Waals surface area (Å²) in [5.74, 6) is -1.01. The van der Waals surface area contributed by atoms with E-state index in [1.165, 1.54) is 12.2 Å². The lowest BCUT2D eigenvalue weighted by molar-refractivity contribution is -0.131. The fourth-order valence-electron chi connectivity index (χ4n) is 1.11. The molecule has 0 spiro atoms. The minimum atomic E-state index is -0.524. The van der Waals surface area contributed by atoms with Crippen molar-refractivity contribution in [2.45, 2.75) is 6.42 Å². The van der Waals surface area contributed by atoms with Gasteiger partial charge in [-0.2, -0.15) is 5.26 Å². The van der Waals surface area contributed by atoms with Gasteiger partial charge in [-0.1, -0.05) is 6.08 Å². The fraction of sp³-hybridized carbons (Fsp3) is 0.200. The van der Waals surface area contributed by atoms with Crippen molar-refractivity contribution in [3.05, 3.63) is 23.8 Å². The Morgan fingerprint density at radius 1 is 1.44 bits per heavy atom. The summed E-state index contributed by atoms with van der Waals surface area (Å²) in [5.41, 5.74) is 6.03. The van der Waals surface area contributed by atoms with E-state index in [0.29, 0.717) is 13.0 Å². The first-order valence-corrected chi connectivity index (χ1v) is 4.55. The summed E-state index contributed by atoms with van der Waals surface area (Å²) in [4.78, 5) is 25.7. The van der Waals surface area contributed by atoms with Crippen molar-refractivity contribution in [1.82, 2.24) is 5.32 Å². The maximum absolute atomic E-state index is 11.0. The first-order valence-electron chi connectivity index (χ1n) is 4.55. The molecule has 0 aromatic rings. The molecule has 3 N–H and O–H groups in total. The number of rotatable bonds is 3. The van der Waals surface area contributed by atoms with E-state index < -0.39 is 11.6 Å². The minimum Gasteiger partial charge on any atom is -0.369 e. The average Bonchev–Trinajstić information content (AvgIpc) is 2.24. The number of aliphatic imine (C=N–C) groups is 1. The number of hydrogen-bond donors (Lipinski definition) is 2. The van der Waals surface area contributed by atoms with E-state index in [0.717, 1.165) is 5.57 Å². The van der Waals surface area contributed by atoms with Crippen LogP contribution in [0.4, 0.5) is 0 Å². The number of carbonyl (C=O) groups is 2. The molecule has 0 saturated heterocycles. The number of allylic oxidation sites excluding steroid dienone is 3. The summed E-state index contributed by atoms with van der Waals surface area (Å²) < 4.78 is 0. The fourth-order valence-corrected chi connectivity index (χ4v) is 1.11. The molecule has 0 saturated carbocycles. The van der Waals surface area contributed by atoms with Crippen LogP contribution in [0.3, 0.4) is 0 Å². The molecule has 0 heterocycles. The Kier molecular flexibility index (Phi) is 3.98. The van der Waals surface area contributed by atoms with Crippen LogP contribution in [0.15, 0.2) is 28.8 Å². The standard InChI is InChI=1S/C10H10N4O2/c11-6-14-10(12)13-4-3-7-1-2-8(15)9(16)5-7/h1-2,5H,3-4H2,(H3,12,13,14). The van der Waals surface area contributed by atoms with E-state index in [2.05, 4.69) is 10.3 Å². The van der Waals surface area contributed by atoms with E-state index >= 15 is 0 Å². The second-order valence-electron chi connectivity index (χ2n) is 3.03. The molecule has 0 fully saturated rings. The smallest absolute Gasteiger partial charge is 0.225 e. The van der Waals surface area contributed by atoms with Crippen molar-refractivity contribution in [3.8, 4) is 6.19 Å². The van der Waals surface area contributed by atoms with E-state index in [-0.39, 0.29) is 5.96 Å². The Hall–Kier alpha value is -2.42. The molecule has 0 aliphatic heterocycles. The van der Waals surface area contributed by atoms with Crippen molar-refractivity contribution in [3.63, 3.8) is 0 Å². The average molecular weight is 218 g/mol. The second-order valence-corrected chi connectivity index (χ2v) is 3.03. The summed E-state index contributed by atoms with van der Waals surface area (Å²) >= 11 is 0. The third-order valence-corrected chi connectivity index (χ3v) is 1.87. The van der Waals surface area contributed by atoms with Gasteiger partial charge in [0, 0.05) is 6.54 Å². The monoisotopic (exact) mass is 218 g/mol. The summed E-state index contributed by atoms with van der Waals surface area (Å²) in [6.45, 7) is 0.345. The second kappa shape index (κ2) is 5.46. The lowest BCUT2D eigenvalue weighted by Crippen LogP contribution is -2.27. The van der Waals surface area contributed by atoms with Gasteiger partial charge in [-0.3, -0.25) is 19.9 Å². The number of nitrogens with one attached hydrogen (secondary N) is 1. The highest BCUT2D eigenvalue weighted by atomic mass is 16.2. The Bertz CT molecular complexity index is 440. The third-order valence-electron chi connectivity index (χ3n) is 1.87. The third kappa shape index (κ3) is 3.38. The van der Waals surface area contributed by atoms with Gasteiger partial charge in [-0.25, -0.2) is 0 Å². The van der Waals surface area contributed by atoms with Gasteiger partial charge in [0.15, 0.2) is 6.19 Å². The number of ketones is 2. The molecule has 1 rings (SSSR count). The first-order chi connectivity index (χ1) is 7.63. The van der Waals surface area contributed by atoms with E-state index in [1.807, 2.05) is 0 Å². The van der Waals surface area contributed by atoms with Gasteiger partial charge in [-0.15, -0.1) is 0 Å². The lowest BCUT2D eigenvalue weighted by atomic mass is 10.0. The molecule has 16 heavy (non-hydrogen) atoms. The molecule has 0 amide bonds. The van der Waals surface area contributed by atoms with Crippen molar-refractivity contribution < 1.29 is 9.59 Å². The number of nitriles is 1. The van der Waals surface area contributed by atoms with Gasteiger partial charge in [0.2, 0.25) is 17.5 Å². The highest BCUT2D eigenvalue weighted by molar-refractivity contribution is 6.46. The molecule has 0 aromatic carbocycles. The van der Waals surface area contributed by atoms with Gasteiger partial charge in [0.05, 0.1) is 0 Å². The predicted octanol–water partition coefficient (Wildman–Crippen LogP) is -0.604. The zero-order valence-corrected chi connectivity index (χ0v) is 8.43. The van der Waals surface area contributed by atoms with Crippen LogP contribution in [0.25, 0.3) is 0 Å². The molecular weight excluding hydrogens is 208 g/mol. The van der Waals surface area contributed by atoms with Crippen LogP contribution < -0.4 is 11.1 Å². The van der Waals surface area contributed by atoms with Gasteiger partial charge in [-0.05, 0) is 24.1 Å². The maximum atomic E-state index is 11.0. The van der Waals surface area contributed by atoms with Crippen molar-refractivity contribution >= 4 is 17.5 Å². The molecule has 1 aliphatic carbocycles. The zero-order chi connectivity index (χ0) is 12.0. The summed E-state index contributed by atoms with van der Waals surface area (Å²) in [7, 11) is 0. The lowest BCUT2D eigenvalue weighted by Gasteiger charge is -2.03. The molecular formula is C10H10N4O2. The van der Waals surface area contributed by atoms with Gasteiger partial charge < -0.3 is 5.73 Å². The Labute approximate surface area is 92.1 Å². The molecule has 1 aliphatic rings. The summed E-state index contributed by atoms with van der Waals surface area (Å²) in [6.07, 6.45) is 6.22. The highest BCUT2D eigenvalue weighted by Crippen LogP contribution is 2.08. The Morgan fingerprint density at radius 2 is 2.19 bits per heavy atom. The Balaban J connectivity index is 2.46. The molecule has 0 atom stereocenters. The number of nitrogens with zero attached hydrogens (tertiary/aromatic N) is 2. The van der Waals surface area contributed by atoms with Crippen LogP contribution in [0.5, 0.6) is 0 Å². The number of hydrogen-bond acceptors (Lipinski definition) is 4. The van der Waals surface area contributed by atoms with Gasteiger partial charge in [0.25, 0.3) is 0 Å². The molecule has 0 radical (unpaired) electrons. The minimum absolute atomic E-state index is 0.0327. The highest BCUT2D eigenvalue weighted by Gasteiger charge is 2.12. The molecule has 0 bridgehead atoms.